The Morgan fingerprint density at radius 1 is 1.04 bits per heavy atom. The third-order valence-corrected chi connectivity index (χ3v) is 4.75. The summed E-state index contributed by atoms with van der Waals surface area (Å²) in [6, 6.07) is 11.6. The van der Waals surface area contributed by atoms with Crippen molar-refractivity contribution in [3.8, 4) is 11.4 Å². The molecular formula is C20H17F2N3O2. The van der Waals surface area contributed by atoms with Crippen LogP contribution in [0, 0.1) is 11.6 Å². The van der Waals surface area contributed by atoms with Gasteiger partial charge >= 0.3 is 0 Å². The number of piperidine rings is 1. The molecular weight excluding hydrogens is 352 g/mol. The predicted octanol–water partition coefficient (Wildman–Crippen LogP) is 4.03. The number of benzene rings is 2. The number of amides is 1. The topological polar surface area (TPSA) is 59.2 Å². The number of aromatic nitrogens is 2. The van der Waals surface area contributed by atoms with Crippen LogP contribution in [0.2, 0.25) is 0 Å². The lowest BCUT2D eigenvalue weighted by molar-refractivity contribution is 0.0704. The summed E-state index contributed by atoms with van der Waals surface area (Å²) in [6.45, 7) is 1.07. The quantitative estimate of drug-likeness (QED) is 0.699. The van der Waals surface area contributed by atoms with E-state index in [-0.39, 0.29) is 17.6 Å². The SMILES string of the molecule is O=C(c1cccc(F)c1)N1CCC(c2nc(-c3ccc(F)cc3)no2)CC1. The molecule has 138 valence electrons. The molecule has 0 N–H and O–H groups in total. The molecule has 0 atom stereocenters. The monoisotopic (exact) mass is 369 g/mol. The number of nitrogens with zero attached hydrogens (tertiary/aromatic N) is 3. The van der Waals surface area contributed by atoms with Gasteiger partial charge < -0.3 is 9.42 Å². The summed E-state index contributed by atoms with van der Waals surface area (Å²) in [7, 11) is 0. The van der Waals surface area contributed by atoms with Crippen LogP contribution in [0.5, 0.6) is 0 Å². The Kier molecular flexibility index (Phi) is 4.66. The van der Waals surface area contributed by atoms with Gasteiger partial charge in [-0.25, -0.2) is 8.78 Å². The van der Waals surface area contributed by atoms with Crippen molar-refractivity contribution in [3.05, 3.63) is 71.6 Å². The number of likely N-dealkylation sites (tertiary alicyclic amines) is 1. The lowest BCUT2D eigenvalue weighted by atomic mass is 9.96. The van der Waals surface area contributed by atoms with E-state index in [9.17, 15) is 13.6 Å². The van der Waals surface area contributed by atoms with Crippen molar-refractivity contribution >= 4 is 5.91 Å². The minimum absolute atomic E-state index is 0.0586. The van der Waals surface area contributed by atoms with Gasteiger partial charge in [0.1, 0.15) is 11.6 Å². The average Bonchev–Trinajstić information content (AvgIpc) is 3.18. The van der Waals surface area contributed by atoms with E-state index in [1.165, 1.54) is 30.3 Å². The largest absolute Gasteiger partial charge is 0.339 e. The Hall–Kier alpha value is -3.09. The van der Waals surface area contributed by atoms with E-state index in [0.29, 0.717) is 48.8 Å². The van der Waals surface area contributed by atoms with Crippen molar-refractivity contribution in [2.24, 2.45) is 0 Å². The first-order chi connectivity index (χ1) is 13.1. The average molecular weight is 369 g/mol. The molecule has 0 spiro atoms. The Labute approximate surface area is 154 Å². The van der Waals surface area contributed by atoms with E-state index >= 15 is 0 Å². The summed E-state index contributed by atoms with van der Waals surface area (Å²) in [5.74, 6) is 0.0805. The normalized spacial score (nSPS) is 15.1. The standard InChI is InChI=1S/C20H17F2N3O2/c21-16-6-4-13(5-7-16)18-23-19(27-24-18)14-8-10-25(11-9-14)20(26)15-2-1-3-17(22)12-15/h1-7,12,14H,8-11H2. The van der Waals surface area contributed by atoms with Gasteiger partial charge in [-0.3, -0.25) is 4.79 Å². The van der Waals surface area contributed by atoms with Crippen LogP contribution in [0.4, 0.5) is 8.78 Å². The van der Waals surface area contributed by atoms with Gasteiger partial charge in [0.15, 0.2) is 0 Å². The molecule has 3 aromatic rings. The predicted molar refractivity (Wildman–Crippen MR) is 94.0 cm³/mol. The second kappa shape index (κ2) is 7.26. The molecule has 0 bridgehead atoms. The summed E-state index contributed by atoms with van der Waals surface area (Å²) in [4.78, 5) is 18.6. The maximum absolute atomic E-state index is 13.3. The van der Waals surface area contributed by atoms with Gasteiger partial charge in [-0.1, -0.05) is 11.2 Å². The molecule has 27 heavy (non-hydrogen) atoms. The second-order valence-electron chi connectivity index (χ2n) is 6.54. The first-order valence-corrected chi connectivity index (χ1v) is 8.74. The highest BCUT2D eigenvalue weighted by atomic mass is 19.1. The van der Waals surface area contributed by atoms with E-state index in [1.807, 2.05) is 0 Å². The Morgan fingerprint density at radius 3 is 2.48 bits per heavy atom. The molecule has 1 fully saturated rings. The molecule has 0 unspecified atom stereocenters. The van der Waals surface area contributed by atoms with Gasteiger partial charge in [0.05, 0.1) is 0 Å². The molecule has 5 nitrogen and oxygen atoms in total. The molecule has 0 aliphatic carbocycles. The molecule has 2 heterocycles. The van der Waals surface area contributed by atoms with Gasteiger partial charge in [-0.15, -0.1) is 0 Å². The maximum Gasteiger partial charge on any atom is 0.253 e. The molecule has 0 radical (unpaired) electrons. The van der Waals surface area contributed by atoms with Crippen molar-refractivity contribution in [1.82, 2.24) is 15.0 Å². The molecule has 0 saturated carbocycles. The smallest absolute Gasteiger partial charge is 0.253 e. The number of hydrogen-bond donors (Lipinski definition) is 0. The number of rotatable bonds is 3. The first kappa shape index (κ1) is 17.3. The highest BCUT2D eigenvalue weighted by Crippen LogP contribution is 2.29. The van der Waals surface area contributed by atoms with Crippen LogP contribution in [0.1, 0.15) is 35.0 Å². The van der Waals surface area contributed by atoms with Crippen molar-refractivity contribution in [3.63, 3.8) is 0 Å². The van der Waals surface area contributed by atoms with Crippen molar-refractivity contribution in [2.45, 2.75) is 18.8 Å². The summed E-state index contributed by atoms with van der Waals surface area (Å²) in [5, 5.41) is 3.97. The fraction of sp³-hybridized carbons (Fsp3) is 0.250. The molecule has 1 aliphatic heterocycles. The molecule has 1 aliphatic rings. The maximum atomic E-state index is 13.3. The van der Waals surface area contributed by atoms with E-state index in [0.717, 1.165) is 0 Å². The molecule has 1 aromatic heterocycles. The van der Waals surface area contributed by atoms with Crippen LogP contribution in [-0.2, 0) is 0 Å². The fourth-order valence-electron chi connectivity index (χ4n) is 3.25. The van der Waals surface area contributed by atoms with Gasteiger partial charge in [0, 0.05) is 30.1 Å². The number of carbonyl (C=O) groups excluding carboxylic acids is 1. The number of carbonyl (C=O) groups is 1. The van der Waals surface area contributed by atoms with Crippen LogP contribution in [0.15, 0.2) is 53.1 Å². The van der Waals surface area contributed by atoms with Gasteiger partial charge in [0.25, 0.3) is 5.91 Å². The van der Waals surface area contributed by atoms with Gasteiger partial charge in [0.2, 0.25) is 11.7 Å². The van der Waals surface area contributed by atoms with Crippen molar-refractivity contribution in [1.29, 1.82) is 0 Å². The van der Waals surface area contributed by atoms with E-state index < -0.39 is 5.82 Å². The Morgan fingerprint density at radius 2 is 1.78 bits per heavy atom. The molecule has 1 amide bonds. The minimum atomic E-state index is -0.421. The number of hydrogen-bond acceptors (Lipinski definition) is 4. The number of halogens is 2. The summed E-state index contributed by atoms with van der Waals surface area (Å²) in [5.41, 5.74) is 1.04. The summed E-state index contributed by atoms with van der Waals surface area (Å²) < 4.78 is 31.7. The first-order valence-electron chi connectivity index (χ1n) is 8.74. The summed E-state index contributed by atoms with van der Waals surface area (Å²) in [6.07, 6.45) is 1.37. The van der Waals surface area contributed by atoms with Gasteiger partial charge in [-0.2, -0.15) is 4.98 Å². The lowest BCUT2D eigenvalue weighted by Gasteiger charge is -2.30. The van der Waals surface area contributed by atoms with E-state index in [2.05, 4.69) is 10.1 Å². The molecule has 7 heteroatoms. The molecule has 2 aromatic carbocycles. The zero-order chi connectivity index (χ0) is 18.8. The van der Waals surface area contributed by atoms with Crippen LogP contribution < -0.4 is 0 Å². The third-order valence-electron chi connectivity index (χ3n) is 4.75. The molecule has 4 rings (SSSR count). The lowest BCUT2D eigenvalue weighted by Crippen LogP contribution is -2.38. The zero-order valence-electron chi connectivity index (χ0n) is 14.4. The fourth-order valence-corrected chi connectivity index (χ4v) is 3.25. The zero-order valence-corrected chi connectivity index (χ0v) is 14.4. The minimum Gasteiger partial charge on any atom is -0.339 e. The highest BCUT2D eigenvalue weighted by Gasteiger charge is 2.28. The Bertz CT molecular complexity index is 948. The van der Waals surface area contributed by atoms with Crippen LogP contribution >= 0.6 is 0 Å². The van der Waals surface area contributed by atoms with Crippen LogP contribution in [-0.4, -0.2) is 34.0 Å². The van der Waals surface area contributed by atoms with Gasteiger partial charge in [-0.05, 0) is 55.3 Å². The Balaban J connectivity index is 1.41. The van der Waals surface area contributed by atoms with Crippen LogP contribution in [0.25, 0.3) is 11.4 Å². The second-order valence-corrected chi connectivity index (χ2v) is 6.54. The van der Waals surface area contributed by atoms with E-state index in [1.54, 1.807) is 23.1 Å². The summed E-state index contributed by atoms with van der Waals surface area (Å²) >= 11 is 0. The third kappa shape index (κ3) is 3.72. The highest BCUT2D eigenvalue weighted by molar-refractivity contribution is 5.94. The molecule has 1 saturated heterocycles. The van der Waals surface area contributed by atoms with Crippen molar-refractivity contribution < 1.29 is 18.1 Å². The van der Waals surface area contributed by atoms with E-state index in [4.69, 9.17) is 4.52 Å². The van der Waals surface area contributed by atoms with Crippen LogP contribution in [0.3, 0.4) is 0 Å². The van der Waals surface area contributed by atoms with Crippen molar-refractivity contribution in [2.75, 3.05) is 13.1 Å².